The van der Waals surface area contributed by atoms with Crippen LogP contribution in [0.2, 0.25) is 0 Å². The van der Waals surface area contributed by atoms with E-state index in [2.05, 4.69) is 53.1 Å². The molecule has 1 N–H and O–H groups in total. The van der Waals surface area contributed by atoms with Crippen molar-refractivity contribution in [1.29, 1.82) is 0 Å². The molecule has 15 heavy (non-hydrogen) atoms. The van der Waals surface area contributed by atoms with Crippen LogP contribution in [0.4, 0.5) is 0 Å². The highest BCUT2D eigenvalue weighted by molar-refractivity contribution is 9.28. The average molecular weight is 398 g/mol. The number of carbonyl (C=O) groups excluding carboxylic acids is 1. The molecule has 5 heteroatoms. The van der Waals surface area contributed by atoms with Crippen LogP contribution >= 0.6 is 47.8 Å². The fraction of sp³-hybridized carbons (Fsp3) is 0.100. The summed E-state index contributed by atoms with van der Waals surface area (Å²) in [6.07, 6.45) is 0. The maximum Gasteiger partial charge on any atom is 0.221 e. The summed E-state index contributed by atoms with van der Waals surface area (Å²) in [5.41, 5.74) is 1.65. The molecule has 0 unspecified atom stereocenters. The largest absolute Gasteiger partial charge is 0.324 e. The fourth-order valence-corrected chi connectivity index (χ4v) is 1.94. The van der Waals surface area contributed by atoms with Crippen LogP contribution in [0.15, 0.2) is 32.1 Å². The Hall–Kier alpha value is -0.130. The molecule has 80 valence electrons. The lowest BCUT2D eigenvalue weighted by Crippen LogP contribution is -2.18. The lowest BCUT2D eigenvalue weighted by atomic mass is 10.2. The first-order valence-corrected chi connectivity index (χ1v) is 6.47. The van der Waals surface area contributed by atoms with E-state index in [1.54, 1.807) is 0 Å². The molecule has 0 radical (unpaired) electrons. The molecular weight excluding hydrogens is 390 g/mol. The number of rotatable bonds is 2. The van der Waals surface area contributed by atoms with Crippen molar-refractivity contribution < 1.29 is 4.79 Å². The predicted octanol–water partition coefficient (Wildman–Crippen LogP) is 4.00. The van der Waals surface area contributed by atoms with Gasteiger partial charge in [-0.05, 0) is 49.6 Å². The van der Waals surface area contributed by atoms with Gasteiger partial charge in [0, 0.05) is 11.4 Å². The first-order valence-electron chi connectivity index (χ1n) is 4.09. The number of nitrogens with one attached hydrogen (secondary N) is 1. The molecule has 0 heterocycles. The van der Waals surface area contributed by atoms with Crippen molar-refractivity contribution in [2.45, 2.75) is 6.92 Å². The molecule has 0 bridgehead atoms. The van der Waals surface area contributed by atoms with Gasteiger partial charge >= 0.3 is 0 Å². The van der Waals surface area contributed by atoms with E-state index in [1.165, 1.54) is 6.92 Å². The molecule has 0 saturated heterocycles. The quantitative estimate of drug-likeness (QED) is 0.803. The lowest BCUT2D eigenvalue weighted by molar-refractivity contribution is -0.117. The van der Waals surface area contributed by atoms with Crippen molar-refractivity contribution in [2.24, 2.45) is 0 Å². The highest BCUT2D eigenvalue weighted by Gasteiger charge is 2.06. The van der Waals surface area contributed by atoms with Gasteiger partial charge in [-0.25, -0.2) is 0 Å². The molecule has 1 rings (SSSR count). The summed E-state index contributed by atoms with van der Waals surface area (Å²) < 4.78 is 1.71. The molecule has 0 fully saturated rings. The third-order valence-electron chi connectivity index (χ3n) is 1.62. The number of amides is 1. The Labute approximate surface area is 114 Å². The minimum Gasteiger partial charge on any atom is -0.324 e. The van der Waals surface area contributed by atoms with Crippen molar-refractivity contribution in [1.82, 2.24) is 5.32 Å². The topological polar surface area (TPSA) is 29.1 Å². The molecule has 0 saturated carbocycles. The summed E-state index contributed by atoms with van der Waals surface area (Å²) in [4.78, 5) is 11.0. The Morgan fingerprint density at radius 1 is 1.20 bits per heavy atom. The highest BCUT2D eigenvalue weighted by Crippen LogP contribution is 2.26. The number of hydrogen-bond donors (Lipinski definition) is 1. The Morgan fingerprint density at radius 2 is 1.73 bits per heavy atom. The van der Waals surface area contributed by atoms with Crippen LogP contribution in [-0.4, -0.2) is 5.91 Å². The van der Waals surface area contributed by atoms with Crippen LogP contribution in [0.3, 0.4) is 0 Å². The molecule has 1 aromatic rings. The second kappa shape index (κ2) is 5.82. The maximum atomic E-state index is 11.0. The molecule has 0 spiro atoms. The zero-order valence-corrected chi connectivity index (χ0v) is 12.6. The Balaban J connectivity index is 3.06. The van der Waals surface area contributed by atoms with Crippen LogP contribution in [-0.2, 0) is 4.79 Å². The van der Waals surface area contributed by atoms with Gasteiger partial charge in [-0.3, -0.25) is 4.79 Å². The van der Waals surface area contributed by atoms with Crippen molar-refractivity contribution in [2.75, 3.05) is 0 Å². The number of benzene rings is 1. The van der Waals surface area contributed by atoms with Crippen LogP contribution in [0.5, 0.6) is 0 Å². The number of hydrogen-bond acceptors (Lipinski definition) is 1. The second-order valence-electron chi connectivity index (χ2n) is 2.82. The maximum absolute atomic E-state index is 11.0. The summed E-state index contributed by atoms with van der Waals surface area (Å²) >= 11 is 9.94. The third-order valence-corrected chi connectivity index (χ3v) is 2.94. The number of carbonyl (C=O) groups is 1. The molecular formula is C10H8Br3NO. The van der Waals surface area contributed by atoms with Gasteiger partial charge < -0.3 is 5.32 Å². The van der Waals surface area contributed by atoms with Crippen LogP contribution in [0.25, 0.3) is 5.70 Å². The molecule has 0 atom stereocenters. The number of halogens is 3. The third kappa shape index (κ3) is 4.09. The van der Waals surface area contributed by atoms with E-state index < -0.39 is 0 Å². The van der Waals surface area contributed by atoms with Crippen molar-refractivity contribution in [3.05, 3.63) is 37.7 Å². The van der Waals surface area contributed by atoms with Gasteiger partial charge in [-0.15, -0.1) is 0 Å². The minimum absolute atomic E-state index is 0.107. The smallest absolute Gasteiger partial charge is 0.221 e. The molecule has 0 aliphatic heterocycles. The van der Waals surface area contributed by atoms with Crippen molar-refractivity contribution in [3.8, 4) is 0 Å². The first-order chi connectivity index (χ1) is 7.00. The van der Waals surface area contributed by atoms with Crippen LogP contribution in [0.1, 0.15) is 12.5 Å². The van der Waals surface area contributed by atoms with E-state index in [4.69, 9.17) is 0 Å². The molecule has 0 aliphatic carbocycles. The van der Waals surface area contributed by atoms with Gasteiger partial charge in [0.2, 0.25) is 5.91 Å². The van der Waals surface area contributed by atoms with Gasteiger partial charge in [0.15, 0.2) is 0 Å². The van der Waals surface area contributed by atoms with E-state index in [1.807, 2.05) is 24.3 Å². The summed E-state index contributed by atoms with van der Waals surface area (Å²) in [7, 11) is 0. The zero-order valence-electron chi connectivity index (χ0n) is 7.85. The fourth-order valence-electron chi connectivity index (χ4n) is 1.02. The van der Waals surface area contributed by atoms with Gasteiger partial charge in [-0.2, -0.15) is 0 Å². The lowest BCUT2D eigenvalue weighted by Gasteiger charge is -2.08. The zero-order chi connectivity index (χ0) is 11.4. The Bertz CT molecular complexity index is 394. The highest BCUT2D eigenvalue weighted by atomic mass is 79.9. The standard InChI is InChI=1S/C10H8Br3NO/c1-6(15)14-9(10(12)13)7-2-4-8(11)5-3-7/h2-5H,1H3,(H,14,15). The summed E-state index contributed by atoms with van der Waals surface area (Å²) in [6, 6.07) is 7.66. The molecule has 1 amide bonds. The van der Waals surface area contributed by atoms with Crippen LogP contribution in [0, 0.1) is 0 Å². The Morgan fingerprint density at radius 3 is 2.13 bits per heavy atom. The first kappa shape index (κ1) is 12.9. The predicted molar refractivity (Wildman–Crippen MR) is 72.7 cm³/mol. The van der Waals surface area contributed by atoms with Crippen LogP contribution < -0.4 is 5.32 Å². The van der Waals surface area contributed by atoms with E-state index >= 15 is 0 Å². The SMILES string of the molecule is CC(=O)NC(=C(Br)Br)c1ccc(Br)cc1. The molecule has 0 aliphatic rings. The van der Waals surface area contributed by atoms with E-state index in [0.29, 0.717) is 3.39 Å². The van der Waals surface area contributed by atoms with Gasteiger partial charge in [-0.1, -0.05) is 28.1 Å². The summed E-state index contributed by atoms with van der Waals surface area (Å²) in [5.74, 6) is -0.107. The summed E-state index contributed by atoms with van der Waals surface area (Å²) in [5, 5.41) is 2.75. The van der Waals surface area contributed by atoms with Gasteiger partial charge in [0.1, 0.15) is 0 Å². The van der Waals surface area contributed by atoms with Crippen molar-refractivity contribution >= 4 is 59.4 Å². The molecule has 1 aromatic carbocycles. The second-order valence-corrected chi connectivity index (χ2v) is 6.39. The Kier molecular flexibility index (Phi) is 5.02. The molecule has 0 aromatic heterocycles. The monoisotopic (exact) mass is 395 g/mol. The average Bonchev–Trinajstić information content (AvgIpc) is 2.15. The van der Waals surface area contributed by atoms with E-state index in [9.17, 15) is 4.79 Å². The van der Waals surface area contributed by atoms with E-state index in [-0.39, 0.29) is 5.91 Å². The van der Waals surface area contributed by atoms with Gasteiger partial charge in [0.25, 0.3) is 0 Å². The summed E-state index contributed by atoms with van der Waals surface area (Å²) in [6.45, 7) is 1.47. The van der Waals surface area contributed by atoms with E-state index in [0.717, 1.165) is 15.7 Å². The normalized spacial score (nSPS) is 9.60. The van der Waals surface area contributed by atoms with Crippen molar-refractivity contribution in [3.63, 3.8) is 0 Å². The molecule has 2 nitrogen and oxygen atoms in total. The van der Waals surface area contributed by atoms with Gasteiger partial charge in [0.05, 0.1) is 9.09 Å². The minimum atomic E-state index is -0.107.